The fraction of sp³-hybridized carbons (Fsp3) is 0.708. The zero-order valence-corrected chi connectivity index (χ0v) is 14.8. The van der Waals surface area contributed by atoms with E-state index >= 15 is 0 Å². The normalized spacial score (nSPS) is 60.4. The van der Waals surface area contributed by atoms with Gasteiger partial charge in [0.15, 0.2) is 11.5 Å². The lowest BCUT2D eigenvalue weighted by atomic mass is 9.79. The Kier molecular flexibility index (Phi) is 1.61. The van der Waals surface area contributed by atoms with E-state index in [1.807, 2.05) is 0 Å². The van der Waals surface area contributed by atoms with Crippen molar-refractivity contribution in [3.63, 3.8) is 0 Å². The molecule has 168 valence electrons. The van der Waals surface area contributed by atoms with Gasteiger partial charge in [-0.2, -0.15) is 0 Å². The number of benzene rings is 1. The number of methoxy groups -OCH3 is 2. The molecule has 1 saturated heterocycles. The molecule has 30 heavy (non-hydrogen) atoms. The van der Waals surface area contributed by atoms with Crippen LogP contribution < -0.4 is 15.2 Å². The van der Waals surface area contributed by atoms with Crippen LogP contribution in [0.4, 0.5) is 0 Å². The van der Waals surface area contributed by atoms with Gasteiger partial charge in [0.05, 0.1) is 26.4 Å². The highest BCUT2D eigenvalue weighted by Gasteiger charge is 2.41. The van der Waals surface area contributed by atoms with Crippen LogP contribution in [0, 0.1) is 17.7 Å². The first-order chi connectivity index (χ1) is 27.4. The number of esters is 1. The van der Waals surface area contributed by atoms with Gasteiger partial charge in [-0.3, -0.25) is 9.69 Å². The summed E-state index contributed by atoms with van der Waals surface area (Å²) in [6, 6.07) is -9.31. The Morgan fingerprint density at radius 2 is 2.13 bits per heavy atom. The van der Waals surface area contributed by atoms with E-state index in [0.29, 0.717) is 0 Å². The molecule has 1 aromatic carbocycles. The Balaban J connectivity index is 2.87. The van der Waals surface area contributed by atoms with Crippen molar-refractivity contribution >= 4 is 5.97 Å². The van der Waals surface area contributed by atoms with Gasteiger partial charge in [-0.15, -0.1) is 0 Å². The van der Waals surface area contributed by atoms with E-state index in [4.69, 9.17) is 57.0 Å². The quantitative estimate of drug-likeness (QED) is 0.638. The Labute approximate surface area is 228 Å². The number of piperidine rings is 1. The molecule has 3 rings (SSSR count). The van der Waals surface area contributed by atoms with Gasteiger partial charge in [0.1, 0.15) is 12.1 Å². The van der Waals surface area contributed by atoms with E-state index in [1.165, 1.54) is 0 Å². The summed E-state index contributed by atoms with van der Waals surface area (Å²) in [7, 11) is -7.31. The van der Waals surface area contributed by atoms with Crippen LogP contribution in [-0.2, 0) is 15.9 Å². The van der Waals surface area contributed by atoms with Crippen molar-refractivity contribution in [1.82, 2.24) is 4.90 Å². The van der Waals surface area contributed by atoms with Crippen LogP contribution in [0.25, 0.3) is 0 Å². The number of hydrogen-bond acceptors (Lipinski definition) is 6. The number of carbonyl (C=O) groups is 1. The van der Waals surface area contributed by atoms with Crippen molar-refractivity contribution in [1.29, 1.82) is 0 Å². The molecule has 2 aliphatic heterocycles. The summed E-state index contributed by atoms with van der Waals surface area (Å²) in [6.07, 6.45) is -20.3. The molecule has 3 unspecified atom stereocenters. The summed E-state index contributed by atoms with van der Waals surface area (Å²) in [5.74, 6) is -21.4. The van der Waals surface area contributed by atoms with Crippen LogP contribution in [0.2, 0.25) is 0 Å². The topological polar surface area (TPSA) is 74.0 Å². The van der Waals surface area contributed by atoms with E-state index in [9.17, 15) is 14.4 Å². The number of nitrogens with zero attached hydrogens (tertiary/aromatic N) is 1. The van der Waals surface area contributed by atoms with Crippen molar-refractivity contribution < 1.29 is 65.6 Å². The zero-order valence-electron chi connectivity index (χ0n) is 48.8. The van der Waals surface area contributed by atoms with Crippen LogP contribution in [0.5, 0.6) is 11.5 Å². The standard InChI is InChI=1S/C24H38N2O4/c1-14(2)9-17-13-26-8-7-16-10-21(28-5)22(29-6)11-18(16)19(26)12-20(17)30-24(27)23(25)15(3)4/h10-11,14-15,17,19-20,23H,7-9,12-13,25H2,1-6H3/t17?,19?,20?,23-/m0/s1/i1D3,2D3,3D3,4D3,5D3,6D3,7D2,8D2,9D2,12D2,13D2,14D,15D,17D,19D,20D,23D. The average molecular weight is 453 g/mol. The molecule has 2 aliphatic rings. The maximum Gasteiger partial charge on any atom is 0.323 e. The average Bonchev–Trinajstić information content (AvgIpc) is 3.02. The van der Waals surface area contributed by atoms with Gasteiger partial charge in [0, 0.05) is 65.5 Å². The van der Waals surface area contributed by atoms with Crippen molar-refractivity contribution in [3.05, 3.63) is 23.3 Å². The van der Waals surface area contributed by atoms with Crippen LogP contribution in [0.1, 0.15) is 104 Å². The van der Waals surface area contributed by atoms with E-state index in [-0.39, 0.29) is 12.1 Å². The predicted molar refractivity (Wildman–Crippen MR) is 118 cm³/mol. The van der Waals surface area contributed by atoms with Crippen LogP contribution in [0.15, 0.2) is 12.1 Å². The molecule has 0 aromatic heterocycles. The third-order valence-corrected chi connectivity index (χ3v) is 3.70. The first-order valence-electron chi connectivity index (χ1n) is 24.8. The second-order valence-electron chi connectivity index (χ2n) is 5.59. The Hall–Kier alpha value is -1.79. The van der Waals surface area contributed by atoms with Crippen LogP contribution >= 0.6 is 0 Å². The lowest BCUT2D eigenvalue weighted by Gasteiger charge is -2.47. The molecule has 6 nitrogen and oxygen atoms in total. The Morgan fingerprint density at radius 3 is 2.83 bits per heavy atom. The molecule has 2 N–H and O–H groups in total. The van der Waals surface area contributed by atoms with Crippen molar-refractivity contribution in [3.8, 4) is 11.5 Å². The molecule has 0 amide bonds. The first-order valence-corrected chi connectivity index (χ1v) is 7.79. The summed E-state index contributed by atoms with van der Waals surface area (Å²) >= 11 is 0. The molecule has 0 spiro atoms. The molecule has 6 heteroatoms. The number of carbonyl (C=O) groups excluding carboxylic acids is 1. The van der Waals surface area contributed by atoms with E-state index < -0.39 is 143 Å². The predicted octanol–water partition coefficient (Wildman–Crippen LogP) is 3.56. The monoisotopic (exact) mass is 452 g/mol. The van der Waals surface area contributed by atoms with E-state index in [2.05, 4.69) is 0 Å². The van der Waals surface area contributed by atoms with Crippen molar-refractivity contribution in [2.45, 2.75) is 64.6 Å². The lowest BCUT2D eigenvalue weighted by molar-refractivity contribution is -0.160. The molecule has 0 radical (unpaired) electrons. The van der Waals surface area contributed by atoms with Gasteiger partial charge in [0.2, 0.25) is 0 Å². The van der Waals surface area contributed by atoms with Crippen molar-refractivity contribution in [2.75, 3.05) is 27.1 Å². The van der Waals surface area contributed by atoms with Gasteiger partial charge in [-0.25, -0.2) is 0 Å². The van der Waals surface area contributed by atoms with Crippen LogP contribution in [0.3, 0.4) is 0 Å². The van der Waals surface area contributed by atoms with Gasteiger partial charge in [0.25, 0.3) is 0 Å². The number of rotatable bonds is 7. The lowest BCUT2D eigenvalue weighted by Crippen LogP contribution is -2.51. The van der Waals surface area contributed by atoms with Gasteiger partial charge in [-0.1, -0.05) is 27.4 Å². The number of aryl methyl sites for hydroxylation is 1. The molecule has 1 aromatic rings. The number of nitrogens with two attached hydrogens (primary N) is 1. The summed E-state index contributed by atoms with van der Waals surface area (Å²) in [5.41, 5.74) is 2.33. The zero-order chi connectivity index (χ0) is 51.5. The summed E-state index contributed by atoms with van der Waals surface area (Å²) in [5, 5.41) is 0. The highest BCUT2D eigenvalue weighted by molar-refractivity contribution is 5.76. The molecule has 4 atom stereocenters. The third-order valence-electron chi connectivity index (χ3n) is 3.70. The Bertz CT molecular complexity index is 1980. The molecular formula is C24H38N2O4. The number of hydrogen-bond donors (Lipinski definition) is 1. The minimum absolute atomic E-state index is 0.00698. The molecule has 0 aliphatic carbocycles. The first kappa shape index (κ1) is 5.07. The Morgan fingerprint density at radius 1 is 1.37 bits per heavy atom. The molecular weight excluding hydrogens is 380 g/mol. The second-order valence-corrected chi connectivity index (χ2v) is 5.59. The van der Waals surface area contributed by atoms with Gasteiger partial charge in [-0.05, 0) is 47.8 Å². The molecule has 2 heterocycles. The number of fused-ring (bicyclic) bond motifs is 3. The van der Waals surface area contributed by atoms with E-state index in [0.717, 1.165) is 0 Å². The minimum atomic E-state index is -5.58. The third kappa shape index (κ3) is 4.75. The second kappa shape index (κ2) is 9.56. The molecule has 1 fully saturated rings. The van der Waals surface area contributed by atoms with Crippen LogP contribution in [-0.4, -0.2) is 50.0 Å². The highest BCUT2D eigenvalue weighted by atomic mass is 16.5. The summed E-state index contributed by atoms with van der Waals surface area (Å²) < 4.78 is 298. The molecule has 0 saturated carbocycles. The smallest absolute Gasteiger partial charge is 0.323 e. The fourth-order valence-corrected chi connectivity index (χ4v) is 2.39. The SMILES string of the molecule is [2H]C([2H])([2H])Oc1cc2c(cc1OC([2H])([2H])[2H])C1([2H])N(C([2H])([2H])C2([2H])[2H])C([2H])([2H])C([2H])(C([2H])([2H])C([2H])(C([2H])([2H])[2H])C([2H])([2H])[2H])C([2H])(OC(=O)[C@@]([2H])(N)C([2H])(C([2H])([2H])[2H])C([2H])([2H])[2H])C1([2H])[2H]. The maximum absolute atomic E-state index is 14.2. The van der Waals surface area contributed by atoms with Crippen molar-refractivity contribution in [2.24, 2.45) is 23.4 Å². The van der Waals surface area contributed by atoms with E-state index in [1.54, 1.807) is 0 Å². The van der Waals surface area contributed by atoms with Gasteiger partial charge < -0.3 is 19.9 Å². The minimum Gasteiger partial charge on any atom is -0.493 e. The molecule has 0 bridgehead atoms. The van der Waals surface area contributed by atoms with Gasteiger partial charge >= 0.3 is 5.97 Å². The maximum atomic E-state index is 14.2. The summed E-state index contributed by atoms with van der Waals surface area (Å²) in [4.78, 5) is 13.1. The highest BCUT2D eigenvalue weighted by Crippen LogP contribution is 2.44. The largest absolute Gasteiger partial charge is 0.493 e. The fourth-order valence-electron chi connectivity index (χ4n) is 2.39. The summed E-state index contributed by atoms with van der Waals surface area (Å²) in [6.45, 7) is -28.1. The number of ether oxygens (including phenoxy) is 3.